The normalized spacial score (nSPS) is 21.5. The van der Waals surface area contributed by atoms with Gasteiger partial charge in [-0.25, -0.2) is 4.98 Å². The van der Waals surface area contributed by atoms with Gasteiger partial charge < -0.3 is 10.2 Å². The molecule has 0 spiro atoms. The first-order valence-electron chi connectivity index (χ1n) is 9.59. The molecule has 0 unspecified atom stereocenters. The molecule has 1 atom stereocenters. The summed E-state index contributed by atoms with van der Waals surface area (Å²) < 4.78 is 0. The van der Waals surface area contributed by atoms with Crippen LogP contribution in [0.5, 0.6) is 0 Å². The van der Waals surface area contributed by atoms with Crippen molar-refractivity contribution in [3.8, 4) is 0 Å². The second-order valence-electron chi connectivity index (χ2n) is 7.36. The van der Waals surface area contributed by atoms with Crippen molar-refractivity contribution in [2.75, 3.05) is 13.1 Å². The third-order valence-electron chi connectivity index (χ3n) is 5.49. The molecule has 1 aliphatic carbocycles. The molecule has 1 N–H and O–H groups in total. The zero-order chi connectivity index (χ0) is 17.8. The van der Waals surface area contributed by atoms with E-state index in [-0.39, 0.29) is 23.8 Å². The maximum atomic E-state index is 13.0. The van der Waals surface area contributed by atoms with E-state index < -0.39 is 0 Å². The molecule has 0 radical (unpaired) electrons. The van der Waals surface area contributed by atoms with Crippen LogP contribution in [0.2, 0.25) is 0 Å². The molecular formula is C19H29N3O2S. The molecular weight excluding hydrogens is 334 g/mol. The van der Waals surface area contributed by atoms with E-state index in [1.165, 1.54) is 24.2 Å². The molecule has 1 aromatic heterocycles. The first-order valence-corrected chi connectivity index (χ1v) is 10.4. The van der Waals surface area contributed by atoms with Crippen LogP contribution in [0, 0.1) is 19.8 Å². The fourth-order valence-corrected chi connectivity index (χ4v) is 5.00. The summed E-state index contributed by atoms with van der Waals surface area (Å²) in [4.78, 5) is 32.3. The lowest BCUT2D eigenvalue weighted by atomic mass is 9.98. The SMILES string of the molecule is Cc1nc(C)c(C(=O)N2CCCC[C@@H]2CCNC(=O)C2CCCC2)s1. The van der Waals surface area contributed by atoms with Crippen molar-refractivity contribution in [2.45, 2.75) is 71.3 Å². The van der Waals surface area contributed by atoms with Gasteiger partial charge in [0.25, 0.3) is 5.91 Å². The fourth-order valence-electron chi connectivity index (χ4n) is 4.12. The van der Waals surface area contributed by atoms with Gasteiger partial charge in [0.2, 0.25) is 5.91 Å². The average Bonchev–Trinajstić information content (AvgIpc) is 3.24. The Morgan fingerprint density at radius 3 is 2.56 bits per heavy atom. The van der Waals surface area contributed by atoms with Gasteiger partial charge in [-0.3, -0.25) is 9.59 Å². The van der Waals surface area contributed by atoms with Gasteiger partial charge in [-0.15, -0.1) is 11.3 Å². The summed E-state index contributed by atoms with van der Waals surface area (Å²) in [6.07, 6.45) is 8.52. The van der Waals surface area contributed by atoms with Gasteiger partial charge >= 0.3 is 0 Å². The second kappa shape index (κ2) is 8.30. The number of nitrogens with zero attached hydrogens (tertiary/aromatic N) is 2. The van der Waals surface area contributed by atoms with Crippen molar-refractivity contribution < 1.29 is 9.59 Å². The van der Waals surface area contributed by atoms with Crippen LogP contribution < -0.4 is 5.32 Å². The minimum Gasteiger partial charge on any atom is -0.356 e. The predicted octanol–water partition coefficient (Wildman–Crippen LogP) is 3.45. The Morgan fingerprint density at radius 1 is 1.16 bits per heavy atom. The summed E-state index contributed by atoms with van der Waals surface area (Å²) in [5, 5.41) is 4.04. The number of rotatable bonds is 5. The average molecular weight is 364 g/mol. The summed E-state index contributed by atoms with van der Waals surface area (Å²) in [6.45, 7) is 5.35. The first kappa shape index (κ1) is 18.4. The Labute approximate surface area is 154 Å². The standard InChI is InChI=1S/C19H29N3O2S/c1-13-17(25-14(2)21-13)19(24)22-12-6-5-9-16(22)10-11-20-18(23)15-7-3-4-8-15/h15-16H,3-12H2,1-2H3,(H,20,23)/t16-/m1/s1. The van der Waals surface area contributed by atoms with Crippen molar-refractivity contribution in [3.05, 3.63) is 15.6 Å². The van der Waals surface area contributed by atoms with Crippen LogP contribution in [0.25, 0.3) is 0 Å². The molecule has 1 aromatic rings. The first-order chi connectivity index (χ1) is 12.1. The van der Waals surface area contributed by atoms with Crippen LogP contribution in [0.4, 0.5) is 0 Å². The zero-order valence-electron chi connectivity index (χ0n) is 15.3. The minimum atomic E-state index is 0.120. The van der Waals surface area contributed by atoms with E-state index in [2.05, 4.69) is 10.3 Å². The molecule has 2 amide bonds. The van der Waals surface area contributed by atoms with Gasteiger partial charge in [0.1, 0.15) is 4.88 Å². The molecule has 1 saturated heterocycles. The number of thiazole rings is 1. The highest BCUT2D eigenvalue weighted by Gasteiger charge is 2.30. The van der Waals surface area contributed by atoms with Crippen molar-refractivity contribution in [3.63, 3.8) is 0 Å². The van der Waals surface area contributed by atoms with Gasteiger partial charge in [0.15, 0.2) is 0 Å². The number of likely N-dealkylation sites (tertiary alicyclic amines) is 1. The third-order valence-corrected chi connectivity index (χ3v) is 6.55. The minimum absolute atomic E-state index is 0.120. The summed E-state index contributed by atoms with van der Waals surface area (Å²) in [7, 11) is 0. The molecule has 138 valence electrons. The van der Waals surface area contributed by atoms with E-state index in [1.54, 1.807) is 0 Å². The smallest absolute Gasteiger partial charge is 0.266 e. The van der Waals surface area contributed by atoms with Gasteiger partial charge in [0, 0.05) is 25.0 Å². The molecule has 1 saturated carbocycles. The molecule has 2 fully saturated rings. The lowest BCUT2D eigenvalue weighted by Crippen LogP contribution is -2.45. The Hall–Kier alpha value is -1.43. The number of hydrogen-bond acceptors (Lipinski definition) is 4. The quantitative estimate of drug-likeness (QED) is 0.871. The molecule has 6 heteroatoms. The lowest BCUT2D eigenvalue weighted by Gasteiger charge is -2.35. The van der Waals surface area contributed by atoms with Crippen molar-refractivity contribution in [1.82, 2.24) is 15.2 Å². The number of aryl methyl sites for hydroxylation is 2. The third kappa shape index (κ3) is 4.40. The van der Waals surface area contributed by atoms with Crippen molar-refractivity contribution in [2.24, 2.45) is 5.92 Å². The number of hydrogen-bond donors (Lipinski definition) is 1. The van der Waals surface area contributed by atoms with Crippen LogP contribution >= 0.6 is 11.3 Å². The monoisotopic (exact) mass is 363 g/mol. The van der Waals surface area contributed by atoms with Crippen molar-refractivity contribution in [1.29, 1.82) is 0 Å². The number of carbonyl (C=O) groups excluding carboxylic acids is 2. The topological polar surface area (TPSA) is 62.3 Å². The lowest BCUT2D eigenvalue weighted by molar-refractivity contribution is -0.124. The second-order valence-corrected chi connectivity index (χ2v) is 8.56. The highest BCUT2D eigenvalue weighted by atomic mass is 32.1. The summed E-state index contributed by atoms with van der Waals surface area (Å²) >= 11 is 1.49. The van der Waals surface area contributed by atoms with E-state index in [1.807, 2.05) is 18.7 Å². The van der Waals surface area contributed by atoms with Crippen LogP contribution in [0.15, 0.2) is 0 Å². The van der Waals surface area contributed by atoms with Gasteiger partial charge in [-0.05, 0) is 52.4 Å². The molecule has 2 aliphatic rings. The van der Waals surface area contributed by atoms with E-state index >= 15 is 0 Å². The number of carbonyl (C=O) groups is 2. The molecule has 1 aliphatic heterocycles. The number of piperidine rings is 1. The Balaban J connectivity index is 1.56. The number of aromatic nitrogens is 1. The maximum absolute atomic E-state index is 13.0. The van der Waals surface area contributed by atoms with Crippen LogP contribution in [0.1, 0.15) is 71.7 Å². The molecule has 0 bridgehead atoms. The highest BCUT2D eigenvalue weighted by Crippen LogP contribution is 2.27. The zero-order valence-corrected chi connectivity index (χ0v) is 16.2. The Morgan fingerprint density at radius 2 is 1.88 bits per heavy atom. The summed E-state index contributed by atoms with van der Waals surface area (Å²) in [6, 6.07) is 0.229. The molecule has 25 heavy (non-hydrogen) atoms. The van der Waals surface area contributed by atoms with Gasteiger partial charge in [-0.1, -0.05) is 12.8 Å². The van der Waals surface area contributed by atoms with Crippen LogP contribution in [-0.4, -0.2) is 40.8 Å². The van der Waals surface area contributed by atoms with E-state index in [9.17, 15) is 9.59 Å². The van der Waals surface area contributed by atoms with E-state index in [0.29, 0.717) is 6.54 Å². The fraction of sp³-hybridized carbons (Fsp3) is 0.737. The van der Waals surface area contributed by atoms with Crippen molar-refractivity contribution >= 4 is 23.2 Å². The van der Waals surface area contributed by atoms with E-state index in [4.69, 9.17) is 0 Å². The number of amides is 2. The van der Waals surface area contributed by atoms with Crippen LogP contribution in [0.3, 0.4) is 0 Å². The van der Waals surface area contributed by atoms with E-state index in [0.717, 1.165) is 60.6 Å². The highest BCUT2D eigenvalue weighted by molar-refractivity contribution is 7.13. The maximum Gasteiger partial charge on any atom is 0.266 e. The Bertz CT molecular complexity index is 622. The van der Waals surface area contributed by atoms with Gasteiger partial charge in [-0.2, -0.15) is 0 Å². The molecule has 5 nitrogen and oxygen atoms in total. The van der Waals surface area contributed by atoms with Crippen LogP contribution in [-0.2, 0) is 4.79 Å². The molecule has 0 aromatic carbocycles. The number of nitrogens with one attached hydrogen (secondary N) is 1. The largest absolute Gasteiger partial charge is 0.356 e. The predicted molar refractivity (Wildman–Crippen MR) is 99.8 cm³/mol. The molecule has 2 heterocycles. The molecule has 3 rings (SSSR count). The Kier molecular flexibility index (Phi) is 6.10. The summed E-state index contributed by atoms with van der Waals surface area (Å²) in [5.41, 5.74) is 0.839. The van der Waals surface area contributed by atoms with Gasteiger partial charge in [0.05, 0.1) is 10.7 Å². The summed E-state index contributed by atoms with van der Waals surface area (Å²) in [5.74, 6) is 0.543.